The van der Waals surface area contributed by atoms with Gasteiger partial charge >= 0.3 is 0 Å². The molecule has 0 atom stereocenters. The second kappa shape index (κ2) is 10.3. The van der Waals surface area contributed by atoms with E-state index in [1.165, 1.54) is 0 Å². The molecule has 0 spiro atoms. The lowest BCUT2D eigenvalue weighted by Gasteiger charge is -2.14. The number of rotatable bonds is 4. The number of carbonyl (C=O) groups excluding carboxylic acids is 1. The third-order valence-electron chi connectivity index (χ3n) is 4.82. The number of amides is 1. The molecular weight excluding hydrogens is 470 g/mol. The molecule has 0 radical (unpaired) electrons. The Kier molecular flexibility index (Phi) is 7.73. The monoisotopic (exact) mass is 493 g/mol. The highest BCUT2D eigenvalue weighted by Gasteiger charge is 2.17. The zero-order valence-corrected chi connectivity index (χ0v) is 19.6. The van der Waals surface area contributed by atoms with Crippen molar-refractivity contribution in [2.45, 2.75) is 29.0 Å². The lowest BCUT2D eigenvalue weighted by molar-refractivity contribution is 0.102. The number of carbonyl (C=O) groups is 1. The molecule has 0 bridgehead atoms. The van der Waals surface area contributed by atoms with Crippen LogP contribution in [0.1, 0.15) is 23.3 Å². The molecule has 0 aromatic heterocycles. The molecule has 5 nitrogen and oxygen atoms in total. The summed E-state index contributed by atoms with van der Waals surface area (Å²) in [5.41, 5.74) is 2.72. The van der Waals surface area contributed by atoms with E-state index in [1.54, 1.807) is 48.5 Å². The number of aromatic hydroxyl groups is 1. The third-order valence-corrected chi connectivity index (χ3v) is 5.78. The van der Waals surface area contributed by atoms with Crippen LogP contribution in [0.15, 0.2) is 91.6 Å². The molecule has 0 unspecified atom stereocenters. The van der Waals surface area contributed by atoms with E-state index in [4.69, 9.17) is 0 Å². The van der Waals surface area contributed by atoms with Crippen LogP contribution in [0.4, 0.5) is 17.1 Å². The van der Waals surface area contributed by atoms with Crippen molar-refractivity contribution >= 4 is 71.6 Å². The van der Waals surface area contributed by atoms with Gasteiger partial charge in [0.1, 0.15) is 5.69 Å². The molecule has 0 saturated carbocycles. The quantitative estimate of drug-likeness (QED) is 0.147. The second-order valence-electron chi connectivity index (χ2n) is 7.20. The molecule has 0 heterocycles. The third kappa shape index (κ3) is 5.35. The van der Waals surface area contributed by atoms with Gasteiger partial charge in [-0.3, -0.25) is 4.79 Å². The number of nitrogens with one attached hydrogen (secondary N) is 1. The maximum atomic E-state index is 12.7. The summed E-state index contributed by atoms with van der Waals surface area (Å²) < 4.78 is 0. The van der Waals surface area contributed by atoms with Gasteiger partial charge in [0, 0.05) is 25.6 Å². The van der Waals surface area contributed by atoms with Gasteiger partial charge in [-0.05, 0) is 60.3 Å². The van der Waals surface area contributed by atoms with Crippen molar-refractivity contribution in [1.29, 1.82) is 0 Å². The highest BCUT2D eigenvalue weighted by Crippen LogP contribution is 2.45. The Balaban J connectivity index is 0.00000306. The summed E-state index contributed by atoms with van der Waals surface area (Å²) in [4.78, 5) is 14.5. The van der Waals surface area contributed by atoms with Crippen molar-refractivity contribution in [3.8, 4) is 5.75 Å². The van der Waals surface area contributed by atoms with Gasteiger partial charge in [-0.1, -0.05) is 31.7 Å². The molecule has 8 heteroatoms. The zero-order valence-electron chi connectivity index (χ0n) is 16.9. The van der Waals surface area contributed by atoms with E-state index < -0.39 is 0 Å². The fourth-order valence-corrected chi connectivity index (χ4v) is 4.17. The highest BCUT2D eigenvalue weighted by atomic mass is 32.1. The Morgan fingerprint density at radius 2 is 1.64 bits per heavy atom. The van der Waals surface area contributed by atoms with Crippen molar-refractivity contribution in [3.63, 3.8) is 0 Å². The molecule has 0 aliphatic heterocycles. The highest BCUT2D eigenvalue weighted by molar-refractivity contribution is 7.80. The van der Waals surface area contributed by atoms with Crippen LogP contribution in [0.5, 0.6) is 5.75 Å². The number of fused-ring (bicyclic) bond motifs is 1. The molecule has 33 heavy (non-hydrogen) atoms. The summed E-state index contributed by atoms with van der Waals surface area (Å²) in [6.45, 7) is 1.96. The second-order valence-corrected chi connectivity index (χ2v) is 8.68. The molecule has 1 amide bonds. The van der Waals surface area contributed by atoms with Gasteiger partial charge in [0.2, 0.25) is 0 Å². The number of benzene rings is 4. The normalized spacial score (nSPS) is 10.9. The number of anilines is 1. The fraction of sp³-hybridized carbons (Fsp3) is 0.0800. The maximum Gasteiger partial charge on any atom is 0.255 e. The van der Waals surface area contributed by atoms with Crippen LogP contribution in [0.2, 0.25) is 0 Å². The van der Waals surface area contributed by atoms with Gasteiger partial charge in [0.05, 0.1) is 11.4 Å². The van der Waals surface area contributed by atoms with E-state index >= 15 is 0 Å². The van der Waals surface area contributed by atoms with E-state index in [1.807, 2.05) is 25.1 Å². The molecule has 0 fully saturated rings. The molecule has 4 aromatic carbocycles. The molecule has 2 N–H and O–H groups in total. The predicted molar refractivity (Wildman–Crippen MR) is 144 cm³/mol. The molecule has 4 aromatic rings. The van der Waals surface area contributed by atoms with E-state index in [9.17, 15) is 9.90 Å². The van der Waals surface area contributed by atoms with Crippen molar-refractivity contribution in [1.82, 2.24) is 0 Å². The van der Waals surface area contributed by atoms with Crippen LogP contribution >= 0.6 is 37.9 Å². The first kappa shape index (κ1) is 24.7. The Morgan fingerprint density at radius 3 is 2.33 bits per heavy atom. The molecule has 0 saturated heterocycles. The molecular formula is C25H23N3O2S3. The van der Waals surface area contributed by atoms with E-state index in [2.05, 4.69) is 53.4 Å². The van der Waals surface area contributed by atoms with Crippen LogP contribution in [-0.4, -0.2) is 11.0 Å². The number of phenolic OH excluding ortho intramolecular Hbond substituents is 1. The van der Waals surface area contributed by atoms with Gasteiger partial charge in [0.25, 0.3) is 5.91 Å². The molecule has 0 aliphatic carbocycles. The standard InChI is InChI=1S/C24H19N3O2S3.CH4/c1-13-7-8-17(19(31)9-13)26-27-22-20(32)11-15-10-16(30)12-18(21(15)23(22)28)25-24(29)14-5-3-2-4-6-14;/h2-12,28,30-32H,1H3,(H,25,29);1H4. The summed E-state index contributed by atoms with van der Waals surface area (Å²) in [5, 5.41) is 23.5. The van der Waals surface area contributed by atoms with Gasteiger partial charge in [-0.2, -0.15) is 0 Å². The minimum absolute atomic E-state index is 0. The van der Waals surface area contributed by atoms with Crippen molar-refractivity contribution in [3.05, 3.63) is 77.9 Å². The topological polar surface area (TPSA) is 74.0 Å². The van der Waals surface area contributed by atoms with Crippen molar-refractivity contribution in [2.24, 2.45) is 10.2 Å². The van der Waals surface area contributed by atoms with Gasteiger partial charge in [-0.25, -0.2) is 0 Å². The molecule has 0 aliphatic rings. The number of aryl methyl sites for hydroxylation is 1. The molecule has 4 rings (SSSR count). The summed E-state index contributed by atoms with van der Waals surface area (Å²) >= 11 is 13.4. The first-order chi connectivity index (χ1) is 15.3. The number of phenols is 1. The molecule has 168 valence electrons. The van der Waals surface area contributed by atoms with Gasteiger partial charge < -0.3 is 10.4 Å². The Labute approximate surface area is 209 Å². The van der Waals surface area contributed by atoms with Crippen LogP contribution < -0.4 is 5.32 Å². The number of nitrogens with zero attached hydrogens (tertiary/aromatic N) is 2. The van der Waals surface area contributed by atoms with E-state index in [-0.39, 0.29) is 24.8 Å². The van der Waals surface area contributed by atoms with Crippen LogP contribution in [0.3, 0.4) is 0 Å². The number of azo groups is 1. The van der Waals surface area contributed by atoms with Crippen molar-refractivity contribution < 1.29 is 9.90 Å². The van der Waals surface area contributed by atoms with Gasteiger partial charge in [-0.15, -0.1) is 48.1 Å². The van der Waals surface area contributed by atoms with E-state index in [0.717, 1.165) is 5.56 Å². The summed E-state index contributed by atoms with van der Waals surface area (Å²) in [6, 6.07) is 19.6. The largest absolute Gasteiger partial charge is 0.505 e. The van der Waals surface area contributed by atoms with Gasteiger partial charge in [0.15, 0.2) is 5.75 Å². The zero-order chi connectivity index (χ0) is 22.8. The minimum Gasteiger partial charge on any atom is -0.505 e. The van der Waals surface area contributed by atoms with Crippen LogP contribution in [-0.2, 0) is 0 Å². The maximum absolute atomic E-state index is 12.7. The average molecular weight is 494 g/mol. The first-order valence-electron chi connectivity index (χ1n) is 9.63. The van der Waals surface area contributed by atoms with E-state index in [0.29, 0.717) is 42.4 Å². The first-order valence-corrected chi connectivity index (χ1v) is 11.0. The lowest BCUT2D eigenvalue weighted by Crippen LogP contribution is -2.12. The Hall–Kier alpha value is -2.94. The van der Waals surface area contributed by atoms with Crippen molar-refractivity contribution in [2.75, 3.05) is 5.32 Å². The Morgan fingerprint density at radius 1 is 0.909 bits per heavy atom. The number of thiol groups is 3. The summed E-state index contributed by atoms with van der Waals surface area (Å²) in [7, 11) is 0. The summed E-state index contributed by atoms with van der Waals surface area (Å²) in [6.07, 6.45) is 0. The Bertz CT molecular complexity index is 1370. The number of hydrogen-bond acceptors (Lipinski definition) is 7. The van der Waals surface area contributed by atoms with Crippen LogP contribution in [0.25, 0.3) is 10.8 Å². The van der Waals surface area contributed by atoms with Crippen LogP contribution in [0, 0.1) is 6.92 Å². The smallest absolute Gasteiger partial charge is 0.255 e. The predicted octanol–water partition coefficient (Wildman–Crippen LogP) is 8.02. The average Bonchev–Trinajstić information content (AvgIpc) is 2.75. The minimum atomic E-state index is -0.303. The lowest BCUT2D eigenvalue weighted by atomic mass is 10.1. The fourth-order valence-electron chi connectivity index (χ4n) is 3.29. The summed E-state index contributed by atoms with van der Waals surface area (Å²) in [5.74, 6) is -0.441. The SMILES string of the molecule is C.Cc1ccc(N=Nc2c(S)cc3cc(S)cc(NC(=O)c4ccccc4)c3c2O)c(S)c1. The number of hydrogen-bond donors (Lipinski definition) is 5.